The zero-order valence-corrected chi connectivity index (χ0v) is 15.3. The first-order chi connectivity index (χ1) is 12.8. The predicted octanol–water partition coefficient (Wildman–Crippen LogP) is 5.16. The van der Waals surface area contributed by atoms with E-state index in [0.717, 1.165) is 23.5 Å². The number of halogens is 4. The molecule has 0 saturated heterocycles. The quantitative estimate of drug-likeness (QED) is 0.601. The molecule has 140 valence electrons. The molecule has 1 heterocycles. The first-order valence-corrected chi connectivity index (χ1v) is 8.80. The lowest BCUT2D eigenvalue weighted by Crippen LogP contribution is -2.30. The van der Waals surface area contributed by atoms with E-state index in [1.165, 1.54) is 25.1 Å². The molecule has 2 aromatic carbocycles. The normalized spacial score (nSPS) is 12.0. The lowest BCUT2D eigenvalue weighted by atomic mass is 10.2. The first-order valence-electron chi connectivity index (χ1n) is 7.60. The van der Waals surface area contributed by atoms with Gasteiger partial charge in [-0.25, -0.2) is 18.0 Å². The van der Waals surface area contributed by atoms with Gasteiger partial charge in [-0.2, -0.15) is 0 Å². The molecular weight excluding hydrogens is 403 g/mol. The molecule has 0 aliphatic heterocycles. The molecule has 1 unspecified atom stereocenters. The molecule has 1 atom stereocenters. The van der Waals surface area contributed by atoms with Gasteiger partial charge < -0.3 is 10.1 Å². The van der Waals surface area contributed by atoms with E-state index in [2.05, 4.69) is 5.32 Å². The minimum atomic E-state index is -1.28. The highest BCUT2D eigenvalue weighted by Crippen LogP contribution is 2.36. The van der Waals surface area contributed by atoms with Gasteiger partial charge in [-0.15, -0.1) is 11.3 Å². The van der Waals surface area contributed by atoms with Crippen LogP contribution in [-0.4, -0.2) is 18.0 Å². The zero-order chi connectivity index (χ0) is 19.7. The summed E-state index contributed by atoms with van der Waals surface area (Å²) in [4.78, 5) is 24.4. The molecule has 0 radical (unpaired) electrons. The van der Waals surface area contributed by atoms with E-state index in [-0.39, 0.29) is 15.6 Å². The molecule has 0 aliphatic rings. The number of carbonyl (C=O) groups is 2. The number of carbonyl (C=O) groups excluding carboxylic acids is 2. The third-order valence-electron chi connectivity index (χ3n) is 3.62. The van der Waals surface area contributed by atoms with Gasteiger partial charge in [0.05, 0.1) is 10.7 Å². The van der Waals surface area contributed by atoms with Crippen LogP contribution in [0.1, 0.15) is 16.6 Å². The number of ether oxygens (including phenoxy) is 1. The monoisotopic (exact) mass is 413 g/mol. The molecule has 4 nitrogen and oxygen atoms in total. The van der Waals surface area contributed by atoms with Gasteiger partial charge in [0.15, 0.2) is 6.10 Å². The van der Waals surface area contributed by atoms with Crippen molar-refractivity contribution in [2.24, 2.45) is 0 Å². The van der Waals surface area contributed by atoms with Crippen molar-refractivity contribution < 1.29 is 27.5 Å². The van der Waals surface area contributed by atoms with Gasteiger partial charge in [-0.1, -0.05) is 11.6 Å². The molecule has 0 saturated carbocycles. The number of anilines is 1. The van der Waals surface area contributed by atoms with E-state index in [1.807, 2.05) is 0 Å². The van der Waals surface area contributed by atoms with Crippen LogP contribution < -0.4 is 5.32 Å². The zero-order valence-electron chi connectivity index (χ0n) is 13.7. The summed E-state index contributed by atoms with van der Waals surface area (Å²) in [5.41, 5.74) is -0.250. The predicted molar refractivity (Wildman–Crippen MR) is 96.7 cm³/mol. The summed E-state index contributed by atoms with van der Waals surface area (Å²) in [6.45, 7) is 1.29. The number of nitrogens with one attached hydrogen (secondary N) is 1. The number of esters is 1. The molecule has 0 fully saturated rings. The maximum absolute atomic E-state index is 13.6. The SMILES string of the molecule is CC(OC(=O)c1sc2cc(F)ccc2c1Cl)C(=O)Nc1ccc(F)cc1F. The third kappa shape index (κ3) is 4.06. The van der Waals surface area contributed by atoms with Gasteiger partial charge in [-0.05, 0) is 37.3 Å². The van der Waals surface area contributed by atoms with Crippen molar-refractivity contribution in [1.82, 2.24) is 0 Å². The molecule has 3 aromatic rings. The summed E-state index contributed by atoms with van der Waals surface area (Å²) < 4.78 is 45.3. The Morgan fingerprint density at radius 3 is 2.48 bits per heavy atom. The van der Waals surface area contributed by atoms with Crippen LogP contribution in [0.5, 0.6) is 0 Å². The summed E-state index contributed by atoms with van der Waals surface area (Å²) in [7, 11) is 0. The molecule has 27 heavy (non-hydrogen) atoms. The van der Waals surface area contributed by atoms with Gasteiger partial charge in [0.2, 0.25) is 0 Å². The van der Waals surface area contributed by atoms with Crippen molar-refractivity contribution in [3.05, 3.63) is 63.7 Å². The summed E-state index contributed by atoms with van der Waals surface area (Å²) in [6.07, 6.45) is -1.28. The molecule has 0 bridgehead atoms. The number of hydrogen-bond acceptors (Lipinski definition) is 4. The molecule has 0 spiro atoms. The summed E-state index contributed by atoms with van der Waals surface area (Å²) in [5, 5.41) is 2.79. The van der Waals surface area contributed by atoms with Gasteiger partial charge >= 0.3 is 5.97 Å². The van der Waals surface area contributed by atoms with Crippen molar-refractivity contribution in [3.8, 4) is 0 Å². The molecule has 0 aliphatic carbocycles. The summed E-state index contributed by atoms with van der Waals surface area (Å²) in [6, 6.07) is 6.52. The highest BCUT2D eigenvalue weighted by Gasteiger charge is 2.24. The van der Waals surface area contributed by atoms with E-state index < -0.39 is 35.4 Å². The van der Waals surface area contributed by atoms with Crippen LogP contribution in [-0.2, 0) is 9.53 Å². The number of benzene rings is 2. The first kappa shape index (κ1) is 19.2. The second-order valence-electron chi connectivity index (χ2n) is 5.55. The molecule has 1 N–H and O–H groups in total. The van der Waals surface area contributed by atoms with Gasteiger partial charge in [0.25, 0.3) is 5.91 Å². The van der Waals surface area contributed by atoms with E-state index in [0.29, 0.717) is 16.2 Å². The highest BCUT2D eigenvalue weighted by molar-refractivity contribution is 7.21. The fraction of sp³-hybridized carbons (Fsp3) is 0.111. The largest absolute Gasteiger partial charge is 0.448 e. The fourth-order valence-corrected chi connectivity index (χ4v) is 3.68. The maximum Gasteiger partial charge on any atom is 0.350 e. The van der Waals surface area contributed by atoms with Crippen molar-refractivity contribution in [3.63, 3.8) is 0 Å². The van der Waals surface area contributed by atoms with Crippen molar-refractivity contribution in [1.29, 1.82) is 0 Å². The second kappa shape index (κ2) is 7.58. The van der Waals surface area contributed by atoms with E-state index in [4.69, 9.17) is 16.3 Å². The minimum Gasteiger partial charge on any atom is -0.448 e. The Bertz CT molecular complexity index is 1050. The van der Waals surface area contributed by atoms with Crippen LogP contribution >= 0.6 is 22.9 Å². The van der Waals surface area contributed by atoms with Crippen LogP contribution in [0.2, 0.25) is 5.02 Å². The Kier molecular flexibility index (Phi) is 5.38. The van der Waals surface area contributed by atoms with Crippen LogP contribution in [0.25, 0.3) is 10.1 Å². The minimum absolute atomic E-state index is 0.0184. The van der Waals surface area contributed by atoms with E-state index in [9.17, 15) is 22.8 Å². The number of fused-ring (bicyclic) bond motifs is 1. The van der Waals surface area contributed by atoms with Crippen molar-refractivity contribution in [2.45, 2.75) is 13.0 Å². The Morgan fingerprint density at radius 2 is 1.78 bits per heavy atom. The standard InChI is InChI=1S/C18H11ClF3NO3S/c1-8(17(24)23-13-5-3-9(20)6-12(13)22)26-18(25)16-15(19)11-4-2-10(21)7-14(11)27-16/h2-8H,1H3,(H,23,24). The van der Waals surface area contributed by atoms with Crippen LogP contribution in [0.15, 0.2) is 36.4 Å². The topological polar surface area (TPSA) is 55.4 Å². The molecule has 1 aromatic heterocycles. The molecule has 9 heteroatoms. The average Bonchev–Trinajstić information content (AvgIpc) is 2.93. The maximum atomic E-state index is 13.6. The van der Waals surface area contributed by atoms with Crippen molar-refractivity contribution >= 4 is 50.6 Å². The molecule has 1 amide bonds. The van der Waals surface area contributed by atoms with Gasteiger partial charge in [-0.3, -0.25) is 4.79 Å². The average molecular weight is 414 g/mol. The molecular formula is C18H11ClF3NO3S. The van der Waals surface area contributed by atoms with E-state index in [1.54, 1.807) is 0 Å². The second-order valence-corrected chi connectivity index (χ2v) is 6.98. The van der Waals surface area contributed by atoms with E-state index >= 15 is 0 Å². The van der Waals surface area contributed by atoms with Gasteiger partial charge in [0, 0.05) is 16.2 Å². The van der Waals surface area contributed by atoms with Gasteiger partial charge in [0.1, 0.15) is 22.3 Å². The number of hydrogen-bond donors (Lipinski definition) is 1. The number of rotatable bonds is 4. The van der Waals surface area contributed by atoms with Crippen LogP contribution in [0.4, 0.5) is 18.9 Å². The van der Waals surface area contributed by atoms with Crippen LogP contribution in [0.3, 0.4) is 0 Å². The van der Waals surface area contributed by atoms with Crippen molar-refractivity contribution in [2.75, 3.05) is 5.32 Å². The third-order valence-corrected chi connectivity index (χ3v) is 5.26. The number of amides is 1. The Morgan fingerprint density at radius 1 is 1.11 bits per heavy atom. The molecule has 3 rings (SSSR count). The Hall–Kier alpha value is -2.58. The summed E-state index contributed by atoms with van der Waals surface area (Å²) in [5.74, 6) is -3.91. The summed E-state index contributed by atoms with van der Waals surface area (Å²) >= 11 is 7.06. The highest BCUT2D eigenvalue weighted by atomic mass is 35.5. The lowest BCUT2D eigenvalue weighted by molar-refractivity contribution is -0.123. The Balaban J connectivity index is 1.73. The smallest absolute Gasteiger partial charge is 0.350 e. The fourth-order valence-electron chi connectivity index (χ4n) is 2.26. The van der Waals surface area contributed by atoms with Crippen LogP contribution in [0, 0.1) is 17.5 Å². The Labute approximate surface area is 160 Å². The number of thiophene rings is 1. The lowest BCUT2D eigenvalue weighted by Gasteiger charge is -2.13.